The van der Waals surface area contributed by atoms with E-state index in [1.165, 1.54) is 0 Å². The third-order valence-electron chi connectivity index (χ3n) is 4.59. The summed E-state index contributed by atoms with van der Waals surface area (Å²) in [7, 11) is -6.96. The summed E-state index contributed by atoms with van der Waals surface area (Å²) in [6.45, 7) is 0. The van der Waals surface area contributed by atoms with E-state index in [9.17, 15) is 66.3 Å². The molecule has 196 valence electrons. The zero-order valence-electron chi connectivity index (χ0n) is 16.4. The molecule has 36 heavy (non-hydrogen) atoms. The van der Waals surface area contributed by atoms with Crippen LogP contribution in [0.15, 0.2) is 12.1 Å². The third kappa shape index (κ3) is 3.86. The molecule has 2 aromatic rings. The second-order valence-corrected chi connectivity index (χ2v) is 8.78. The first kappa shape index (κ1) is 27.0. The Balaban J connectivity index is 2.44. The highest BCUT2D eigenvalue weighted by Crippen LogP contribution is 2.46. The fourth-order valence-corrected chi connectivity index (χ4v) is 4.10. The molecule has 2 N–H and O–H groups in total. The van der Waals surface area contributed by atoms with E-state index in [-0.39, 0.29) is 12.1 Å². The van der Waals surface area contributed by atoms with Crippen molar-refractivity contribution in [3.05, 3.63) is 47.0 Å². The molecule has 0 bridgehead atoms. The Morgan fingerprint density at radius 3 is 1.86 bits per heavy atom. The van der Waals surface area contributed by atoms with Crippen LogP contribution in [0.1, 0.15) is 0 Å². The number of hydrogen-bond donors (Lipinski definition) is 1. The van der Waals surface area contributed by atoms with Crippen LogP contribution in [0.25, 0.3) is 11.1 Å². The van der Waals surface area contributed by atoms with Crippen LogP contribution in [0.4, 0.5) is 54.0 Å². The molecule has 1 aliphatic rings. The lowest BCUT2D eigenvalue weighted by Gasteiger charge is -2.37. The van der Waals surface area contributed by atoms with Crippen molar-refractivity contribution in [1.29, 1.82) is 0 Å². The van der Waals surface area contributed by atoms with Gasteiger partial charge in [0, 0.05) is 11.6 Å². The van der Waals surface area contributed by atoms with Crippen molar-refractivity contribution in [3.63, 3.8) is 0 Å². The number of benzene rings is 2. The summed E-state index contributed by atoms with van der Waals surface area (Å²) in [5, 5.41) is -4.01. The number of primary amides is 1. The Morgan fingerprint density at radius 1 is 0.944 bits per heavy atom. The lowest BCUT2D eigenvalue weighted by atomic mass is 10.0. The molecule has 0 saturated heterocycles. The standard InChI is InChI=1S/C17H5F11N2O5S/c18-4-2-6-5(1-3(4)7-8(19)10(21)12(23)11(22)9(7)20)30(15(32)16(24,25)35-6)14(13(29)31)36(33,34)17(26,27)28/h1-2,14H,(H2,29,31). The van der Waals surface area contributed by atoms with Crippen LogP contribution in [0.3, 0.4) is 0 Å². The van der Waals surface area contributed by atoms with Crippen molar-refractivity contribution in [2.75, 3.05) is 4.90 Å². The van der Waals surface area contributed by atoms with Crippen molar-refractivity contribution in [3.8, 4) is 16.9 Å². The monoisotopic (exact) mass is 558 g/mol. The number of alkyl halides is 5. The predicted molar refractivity (Wildman–Crippen MR) is 92.6 cm³/mol. The number of nitrogens with zero attached hydrogens (tertiary/aromatic N) is 1. The van der Waals surface area contributed by atoms with Crippen LogP contribution < -0.4 is 15.4 Å². The number of amides is 2. The molecule has 0 aromatic heterocycles. The maximum Gasteiger partial charge on any atom is 0.499 e. The van der Waals surface area contributed by atoms with Gasteiger partial charge in [-0.1, -0.05) is 0 Å². The number of carbonyl (C=O) groups is 2. The van der Waals surface area contributed by atoms with Crippen LogP contribution in [0.5, 0.6) is 5.75 Å². The minimum Gasteiger partial charge on any atom is -0.423 e. The minimum atomic E-state index is -6.96. The number of nitrogens with two attached hydrogens (primary N) is 1. The van der Waals surface area contributed by atoms with E-state index in [1.807, 2.05) is 0 Å². The number of fused-ring (bicyclic) bond motifs is 1. The zero-order chi connectivity index (χ0) is 27.7. The predicted octanol–water partition coefficient (Wildman–Crippen LogP) is 3.25. The molecular weight excluding hydrogens is 553 g/mol. The molecule has 0 spiro atoms. The van der Waals surface area contributed by atoms with E-state index in [0.717, 1.165) is 0 Å². The highest BCUT2D eigenvalue weighted by Gasteiger charge is 2.62. The largest absolute Gasteiger partial charge is 0.499 e. The van der Waals surface area contributed by atoms with Crippen molar-refractivity contribution in [1.82, 2.24) is 0 Å². The number of hydrogen-bond acceptors (Lipinski definition) is 5. The Bertz CT molecular complexity index is 1400. The molecule has 0 saturated carbocycles. The van der Waals surface area contributed by atoms with E-state index >= 15 is 0 Å². The van der Waals surface area contributed by atoms with Crippen molar-refractivity contribution < 1.29 is 71.0 Å². The fraction of sp³-hybridized carbons (Fsp3) is 0.176. The smallest absolute Gasteiger partial charge is 0.423 e. The summed E-state index contributed by atoms with van der Waals surface area (Å²) in [6, 6.07) is -0.549. The average Bonchev–Trinajstić information content (AvgIpc) is 2.73. The van der Waals surface area contributed by atoms with Crippen LogP contribution in [0, 0.1) is 34.9 Å². The SMILES string of the molecule is NC(=O)C(N1C(=O)C(F)(F)Oc2cc(F)c(-c3c(F)c(F)c(F)c(F)c3F)cc21)S(=O)(=O)C(F)(F)F. The molecule has 1 unspecified atom stereocenters. The van der Waals surface area contributed by atoms with E-state index in [0.29, 0.717) is 0 Å². The molecule has 0 fully saturated rings. The summed E-state index contributed by atoms with van der Waals surface area (Å²) in [4.78, 5) is 22.7. The van der Waals surface area contributed by atoms with Gasteiger partial charge in [0.2, 0.25) is 11.2 Å². The van der Waals surface area contributed by atoms with Gasteiger partial charge in [0.05, 0.1) is 11.3 Å². The van der Waals surface area contributed by atoms with Gasteiger partial charge in [-0.15, -0.1) is 0 Å². The molecule has 1 aliphatic heterocycles. The Labute approximate surface area is 190 Å². The quantitative estimate of drug-likeness (QED) is 0.353. The van der Waals surface area contributed by atoms with Crippen molar-refractivity contribution in [2.24, 2.45) is 5.73 Å². The summed E-state index contributed by atoms with van der Waals surface area (Å²) in [5.74, 6) is -22.7. The lowest BCUT2D eigenvalue weighted by Crippen LogP contribution is -2.62. The van der Waals surface area contributed by atoms with Gasteiger partial charge in [-0.2, -0.15) is 22.0 Å². The average molecular weight is 558 g/mol. The molecule has 1 heterocycles. The number of sulfone groups is 1. The Hall–Kier alpha value is -3.64. The number of halogens is 11. The first-order valence-corrected chi connectivity index (χ1v) is 10.2. The van der Waals surface area contributed by atoms with Gasteiger partial charge in [-0.3, -0.25) is 14.5 Å². The first-order chi connectivity index (χ1) is 16.3. The molecule has 1 atom stereocenters. The molecule has 2 amide bonds. The number of carbonyl (C=O) groups excluding carboxylic acids is 2. The summed E-state index contributed by atoms with van der Waals surface area (Å²) in [6.07, 6.45) is -5.25. The van der Waals surface area contributed by atoms with Crippen LogP contribution >= 0.6 is 0 Å². The Morgan fingerprint density at radius 2 is 1.42 bits per heavy atom. The second kappa shape index (κ2) is 8.20. The highest BCUT2D eigenvalue weighted by molar-refractivity contribution is 7.93. The van der Waals surface area contributed by atoms with Gasteiger partial charge in [0.15, 0.2) is 29.0 Å². The highest BCUT2D eigenvalue weighted by atomic mass is 32.2. The first-order valence-electron chi connectivity index (χ1n) is 8.61. The lowest BCUT2D eigenvalue weighted by molar-refractivity contribution is -0.193. The van der Waals surface area contributed by atoms with Gasteiger partial charge in [-0.05, 0) is 6.07 Å². The maximum absolute atomic E-state index is 14.6. The summed E-state index contributed by atoms with van der Waals surface area (Å²) < 4.78 is 178. The van der Waals surface area contributed by atoms with Gasteiger partial charge in [0.25, 0.3) is 15.7 Å². The number of ether oxygens (including phenoxy) is 1. The molecular formula is C17H5F11N2O5S. The molecule has 0 radical (unpaired) electrons. The molecule has 19 heteroatoms. The topological polar surface area (TPSA) is 107 Å². The normalized spacial score (nSPS) is 16.4. The molecule has 2 aromatic carbocycles. The molecule has 3 rings (SSSR count). The van der Waals surface area contributed by atoms with Gasteiger partial charge in [0.1, 0.15) is 5.82 Å². The third-order valence-corrected chi connectivity index (χ3v) is 6.26. The van der Waals surface area contributed by atoms with E-state index in [1.54, 1.807) is 0 Å². The van der Waals surface area contributed by atoms with Crippen LogP contribution in [-0.2, 0) is 19.4 Å². The molecule has 7 nitrogen and oxygen atoms in total. The van der Waals surface area contributed by atoms with Gasteiger partial charge < -0.3 is 10.5 Å². The summed E-state index contributed by atoms with van der Waals surface area (Å²) >= 11 is 0. The van der Waals surface area contributed by atoms with Crippen molar-refractivity contribution >= 4 is 27.3 Å². The Kier molecular flexibility index (Phi) is 6.14. The zero-order valence-corrected chi connectivity index (χ0v) is 17.2. The number of anilines is 1. The van der Waals surface area contributed by atoms with Crippen molar-refractivity contribution in [2.45, 2.75) is 17.0 Å². The molecule has 0 aliphatic carbocycles. The summed E-state index contributed by atoms with van der Waals surface area (Å²) in [5.41, 5.74) is -7.32. The van der Waals surface area contributed by atoms with Gasteiger partial charge in [-0.25, -0.2) is 34.8 Å². The van der Waals surface area contributed by atoms with E-state index in [4.69, 9.17) is 0 Å². The second-order valence-electron chi connectivity index (χ2n) is 6.78. The van der Waals surface area contributed by atoms with E-state index < -0.39 is 101 Å². The van der Waals surface area contributed by atoms with Crippen LogP contribution in [0.2, 0.25) is 0 Å². The maximum atomic E-state index is 14.6. The fourth-order valence-electron chi connectivity index (χ4n) is 3.06. The van der Waals surface area contributed by atoms with E-state index in [2.05, 4.69) is 10.5 Å². The van der Waals surface area contributed by atoms with Gasteiger partial charge >= 0.3 is 17.5 Å². The minimum absolute atomic E-state index is 0.252. The van der Waals surface area contributed by atoms with Crippen LogP contribution in [-0.4, -0.2) is 37.2 Å². The number of rotatable bonds is 4.